The van der Waals surface area contributed by atoms with Crippen LogP contribution in [0.2, 0.25) is 0 Å². The lowest BCUT2D eigenvalue weighted by atomic mass is 9.82. The van der Waals surface area contributed by atoms with E-state index in [0.29, 0.717) is 57.2 Å². The quantitative estimate of drug-likeness (QED) is 0.223. The SMILES string of the molecule is Cc1ccc(OCCN(C(=O)C2=C(c3ccc(OCCOc4ccc(Br)cc4)cc3)C[C@@H]3CNC[C@H]2N3C(=O)O)C2CC2)cc1C. The van der Waals surface area contributed by atoms with Crippen LogP contribution >= 0.6 is 15.9 Å². The van der Waals surface area contributed by atoms with Gasteiger partial charge in [-0.15, -0.1) is 0 Å². The van der Waals surface area contributed by atoms with Crippen molar-refractivity contribution >= 4 is 33.5 Å². The molecule has 3 aromatic carbocycles. The van der Waals surface area contributed by atoms with Crippen molar-refractivity contribution in [1.82, 2.24) is 15.1 Å². The normalized spacial score (nSPS) is 19.1. The van der Waals surface area contributed by atoms with Crippen LogP contribution in [-0.4, -0.2) is 84.5 Å². The molecule has 2 bridgehead atoms. The molecule has 9 nitrogen and oxygen atoms in total. The van der Waals surface area contributed by atoms with Crippen molar-refractivity contribution in [1.29, 1.82) is 0 Å². The van der Waals surface area contributed by atoms with E-state index < -0.39 is 12.1 Å². The van der Waals surface area contributed by atoms with Crippen LogP contribution in [0.3, 0.4) is 0 Å². The fourth-order valence-corrected chi connectivity index (χ4v) is 6.55. The van der Waals surface area contributed by atoms with Gasteiger partial charge in [-0.25, -0.2) is 4.79 Å². The number of nitrogens with zero attached hydrogens (tertiary/aromatic N) is 2. The molecule has 2 amide bonds. The molecule has 242 valence electrons. The van der Waals surface area contributed by atoms with Gasteiger partial charge in [0.25, 0.3) is 5.91 Å². The second kappa shape index (κ2) is 14.2. The van der Waals surface area contributed by atoms with Gasteiger partial charge in [0.2, 0.25) is 0 Å². The van der Waals surface area contributed by atoms with Gasteiger partial charge in [-0.1, -0.05) is 34.1 Å². The Morgan fingerprint density at radius 3 is 2.13 bits per heavy atom. The number of aryl methyl sites for hydroxylation is 2. The maximum absolute atomic E-state index is 14.5. The number of amides is 2. The summed E-state index contributed by atoms with van der Waals surface area (Å²) in [6.45, 7) is 6.63. The number of carbonyl (C=O) groups excluding carboxylic acids is 1. The number of piperazine rings is 1. The molecule has 46 heavy (non-hydrogen) atoms. The second-order valence-corrected chi connectivity index (χ2v) is 13.0. The molecule has 3 aromatic rings. The first-order valence-electron chi connectivity index (χ1n) is 15.9. The molecule has 1 aliphatic carbocycles. The van der Waals surface area contributed by atoms with E-state index in [1.807, 2.05) is 71.6 Å². The Hall–Kier alpha value is -4.02. The molecule has 3 aliphatic rings. The van der Waals surface area contributed by atoms with Crippen LogP contribution in [0, 0.1) is 13.8 Å². The highest BCUT2D eigenvalue weighted by atomic mass is 79.9. The van der Waals surface area contributed by atoms with Crippen molar-refractivity contribution < 1.29 is 28.9 Å². The third-order valence-electron chi connectivity index (χ3n) is 8.96. The van der Waals surface area contributed by atoms with Gasteiger partial charge in [0.15, 0.2) is 0 Å². The first-order chi connectivity index (χ1) is 22.3. The van der Waals surface area contributed by atoms with Crippen molar-refractivity contribution in [3.8, 4) is 17.2 Å². The molecule has 1 saturated heterocycles. The van der Waals surface area contributed by atoms with Crippen LogP contribution in [0.5, 0.6) is 17.2 Å². The van der Waals surface area contributed by atoms with Crippen LogP contribution in [0.25, 0.3) is 5.57 Å². The lowest BCUT2D eigenvalue weighted by Gasteiger charge is -2.47. The standard InChI is InChI=1S/C36H40BrN3O6/c1-23-3-10-31(19-24(23)2)44-16-15-39(27-8-9-27)35(41)34-32(20-28-21-38-22-33(34)40(28)36(42)43)25-4-11-29(12-5-25)45-17-18-46-30-13-6-26(37)7-14-30/h3-7,10-14,19,27-28,33,38H,8-9,15-18,20-22H2,1-2H3,(H,42,43)/t28-,33-/m1/s1. The van der Waals surface area contributed by atoms with E-state index in [1.165, 1.54) is 10.5 Å². The molecule has 6 rings (SSSR count). The monoisotopic (exact) mass is 689 g/mol. The topological polar surface area (TPSA) is 101 Å². The van der Waals surface area contributed by atoms with Gasteiger partial charge in [-0.3, -0.25) is 9.69 Å². The second-order valence-electron chi connectivity index (χ2n) is 12.1. The number of nitrogens with one attached hydrogen (secondary N) is 1. The number of halogens is 1. The van der Waals surface area contributed by atoms with Gasteiger partial charge in [0.1, 0.15) is 37.1 Å². The van der Waals surface area contributed by atoms with E-state index in [4.69, 9.17) is 14.2 Å². The van der Waals surface area contributed by atoms with E-state index in [-0.39, 0.29) is 18.0 Å². The van der Waals surface area contributed by atoms with Gasteiger partial charge in [-0.05, 0) is 104 Å². The third kappa shape index (κ3) is 7.34. The Bertz CT molecular complexity index is 1590. The fraction of sp³-hybridized carbons (Fsp3) is 0.389. The van der Waals surface area contributed by atoms with Gasteiger partial charge in [0.05, 0.1) is 18.6 Å². The average Bonchev–Trinajstić information content (AvgIpc) is 3.89. The molecule has 2 atom stereocenters. The minimum atomic E-state index is -0.994. The van der Waals surface area contributed by atoms with E-state index in [0.717, 1.165) is 45.5 Å². The Kier molecular flexibility index (Phi) is 9.84. The van der Waals surface area contributed by atoms with Crippen LogP contribution < -0.4 is 19.5 Å². The molecule has 0 radical (unpaired) electrons. The summed E-state index contributed by atoms with van der Waals surface area (Å²) in [7, 11) is 0. The lowest BCUT2D eigenvalue weighted by Crippen LogP contribution is -2.63. The summed E-state index contributed by atoms with van der Waals surface area (Å²) in [5.41, 5.74) is 4.73. The molecule has 2 aliphatic heterocycles. The largest absolute Gasteiger partial charge is 0.492 e. The molecule has 10 heteroatoms. The number of ether oxygens (including phenoxy) is 3. The molecule has 2 fully saturated rings. The van der Waals surface area contributed by atoms with Gasteiger partial charge >= 0.3 is 6.09 Å². The number of carboxylic acid groups (broad SMARTS) is 1. The van der Waals surface area contributed by atoms with Gasteiger partial charge < -0.3 is 29.5 Å². The molecular weight excluding hydrogens is 650 g/mol. The highest BCUT2D eigenvalue weighted by molar-refractivity contribution is 9.10. The summed E-state index contributed by atoms with van der Waals surface area (Å²) in [5, 5.41) is 13.6. The predicted octanol–water partition coefficient (Wildman–Crippen LogP) is 6.07. The van der Waals surface area contributed by atoms with Crippen molar-refractivity contribution in [3.05, 3.63) is 93.5 Å². The summed E-state index contributed by atoms with van der Waals surface area (Å²) in [6.07, 6.45) is 1.33. The molecule has 0 unspecified atom stereocenters. The maximum atomic E-state index is 14.5. The van der Waals surface area contributed by atoms with Gasteiger partial charge in [-0.2, -0.15) is 0 Å². The fourth-order valence-electron chi connectivity index (χ4n) is 6.29. The highest BCUT2D eigenvalue weighted by Gasteiger charge is 2.46. The van der Waals surface area contributed by atoms with Crippen LogP contribution in [0.4, 0.5) is 4.79 Å². The van der Waals surface area contributed by atoms with E-state index in [9.17, 15) is 14.7 Å². The summed E-state index contributed by atoms with van der Waals surface area (Å²) in [4.78, 5) is 30.3. The Morgan fingerprint density at radius 1 is 0.870 bits per heavy atom. The van der Waals surface area contributed by atoms with Crippen molar-refractivity contribution in [3.63, 3.8) is 0 Å². The van der Waals surface area contributed by atoms with Crippen LogP contribution in [0.1, 0.15) is 36.0 Å². The number of benzene rings is 3. The molecule has 0 aromatic heterocycles. The number of hydrogen-bond donors (Lipinski definition) is 2. The third-order valence-corrected chi connectivity index (χ3v) is 9.49. The lowest BCUT2D eigenvalue weighted by molar-refractivity contribution is -0.129. The zero-order valence-electron chi connectivity index (χ0n) is 26.2. The van der Waals surface area contributed by atoms with Crippen molar-refractivity contribution in [2.24, 2.45) is 0 Å². The average molecular weight is 691 g/mol. The number of rotatable bonds is 12. The van der Waals surface area contributed by atoms with E-state index in [2.05, 4.69) is 35.1 Å². The van der Waals surface area contributed by atoms with E-state index >= 15 is 0 Å². The van der Waals surface area contributed by atoms with Crippen LogP contribution in [0.15, 0.2) is 76.8 Å². The van der Waals surface area contributed by atoms with E-state index in [1.54, 1.807) is 0 Å². The predicted molar refractivity (Wildman–Crippen MR) is 180 cm³/mol. The summed E-state index contributed by atoms with van der Waals surface area (Å²) in [6, 6.07) is 20.7. The van der Waals surface area contributed by atoms with Crippen molar-refractivity contribution in [2.75, 3.05) is 39.5 Å². The number of fused-ring (bicyclic) bond motifs is 2. The molecule has 2 N–H and O–H groups in total. The minimum Gasteiger partial charge on any atom is -0.492 e. The molecule has 1 saturated carbocycles. The Labute approximate surface area is 278 Å². The Balaban J connectivity index is 1.20. The number of hydrogen-bond acceptors (Lipinski definition) is 6. The zero-order valence-corrected chi connectivity index (χ0v) is 27.8. The molecule has 0 spiro atoms. The maximum Gasteiger partial charge on any atom is 0.408 e. The molecule has 2 heterocycles. The first kappa shape index (κ1) is 31.9. The summed E-state index contributed by atoms with van der Waals surface area (Å²) >= 11 is 3.42. The number of carbonyl (C=O) groups is 2. The zero-order chi connectivity index (χ0) is 32.2. The first-order valence-corrected chi connectivity index (χ1v) is 16.7. The summed E-state index contributed by atoms with van der Waals surface area (Å²) in [5.74, 6) is 2.15. The van der Waals surface area contributed by atoms with Crippen LogP contribution in [-0.2, 0) is 4.79 Å². The van der Waals surface area contributed by atoms with Gasteiger partial charge in [0, 0.05) is 29.2 Å². The highest BCUT2D eigenvalue weighted by Crippen LogP contribution is 2.39. The Morgan fingerprint density at radius 2 is 1.50 bits per heavy atom. The van der Waals surface area contributed by atoms with Crippen molar-refractivity contribution in [2.45, 2.75) is 51.2 Å². The molecular formula is C36H40BrN3O6. The minimum absolute atomic E-state index is 0.106. The smallest absolute Gasteiger partial charge is 0.408 e. The summed E-state index contributed by atoms with van der Waals surface area (Å²) < 4.78 is 18.8.